The van der Waals surface area contributed by atoms with Crippen LogP contribution in [0.2, 0.25) is 0 Å². The van der Waals surface area contributed by atoms with Crippen molar-refractivity contribution in [1.82, 2.24) is 4.98 Å². The predicted octanol–water partition coefficient (Wildman–Crippen LogP) is 3.53. The number of carbonyl (C=O) groups is 1. The Kier molecular flexibility index (Phi) is 3.21. The summed E-state index contributed by atoms with van der Waals surface area (Å²) in [7, 11) is 0. The number of aryl methyl sites for hydroxylation is 1. The van der Waals surface area contributed by atoms with Crippen LogP contribution in [-0.4, -0.2) is 11.3 Å². The third-order valence-electron chi connectivity index (χ3n) is 2.94. The molecule has 0 radical (unpaired) electrons. The number of ether oxygens (including phenoxy) is 1. The molecule has 0 atom stereocenters. The molecule has 0 spiro atoms. The van der Waals surface area contributed by atoms with Gasteiger partial charge in [0.05, 0.1) is 0 Å². The van der Waals surface area contributed by atoms with E-state index in [4.69, 9.17) is 9.15 Å². The van der Waals surface area contributed by atoms with Gasteiger partial charge in [-0.2, -0.15) is 0 Å². The van der Waals surface area contributed by atoms with E-state index in [0.717, 1.165) is 17.6 Å². The van der Waals surface area contributed by atoms with Gasteiger partial charge in [0.25, 0.3) is 0 Å². The number of oxazole rings is 1. The fourth-order valence-electron chi connectivity index (χ4n) is 1.98. The summed E-state index contributed by atoms with van der Waals surface area (Å²) in [5.41, 5.74) is 3.03. The molecule has 4 heteroatoms. The molecular formula is C16H13NO3. The number of benzene rings is 2. The van der Waals surface area contributed by atoms with Crippen LogP contribution in [0.4, 0.5) is 0 Å². The summed E-state index contributed by atoms with van der Waals surface area (Å²) >= 11 is 0. The maximum atomic E-state index is 10.7. The molecule has 0 unspecified atom stereocenters. The molecule has 3 aromatic rings. The Balaban J connectivity index is 1.79. The second-order valence-corrected chi connectivity index (χ2v) is 4.56. The molecule has 0 fully saturated rings. The van der Waals surface area contributed by atoms with Crippen LogP contribution in [0.25, 0.3) is 11.1 Å². The molecule has 0 amide bonds. The predicted molar refractivity (Wildman–Crippen MR) is 74.9 cm³/mol. The van der Waals surface area contributed by atoms with E-state index >= 15 is 0 Å². The molecule has 20 heavy (non-hydrogen) atoms. The van der Waals surface area contributed by atoms with E-state index in [-0.39, 0.29) is 6.61 Å². The summed E-state index contributed by atoms with van der Waals surface area (Å²) in [4.78, 5) is 15.0. The standard InChI is InChI=1S/C16H13NO3/c1-11-3-2-4-13(7-11)19-10-16-17-14-8-12(9-18)5-6-15(14)20-16/h2-9H,10H2,1H3. The van der Waals surface area contributed by atoms with Crippen LogP contribution in [0, 0.1) is 6.92 Å². The molecule has 1 heterocycles. The number of aromatic nitrogens is 1. The van der Waals surface area contributed by atoms with E-state index in [0.29, 0.717) is 22.6 Å². The van der Waals surface area contributed by atoms with Gasteiger partial charge in [0.15, 0.2) is 12.2 Å². The topological polar surface area (TPSA) is 52.3 Å². The Hall–Kier alpha value is -2.62. The lowest BCUT2D eigenvalue weighted by atomic mass is 10.2. The van der Waals surface area contributed by atoms with Crippen LogP contribution in [0.5, 0.6) is 5.75 Å². The van der Waals surface area contributed by atoms with Gasteiger partial charge in [-0.25, -0.2) is 4.98 Å². The van der Waals surface area contributed by atoms with Crippen molar-refractivity contribution in [2.24, 2.45) is 0 Å². The molecule has 3 rings (SSSR count). The molecule has 1 aromatic heterocycles. The van der Waals surface area contributed by atoms with Crippen LogP contribution in [0.1, 0.15) is 21.8 Å². The minimum atomic E-state index is 0.258. The van der Waals surface area contributed by atoms with Gasteiger partial charge < -0.3 is 9.15 Å². The van der Waals surface area contributed by atoms with Crippen LogP contribution < -0.4 is 4.74 Å². The van der Waals surface area contributed by atoms with Gasteiger partial charge in [-0.3, -0.25) is 4.79 Å². The fraction of sp³-hybridized carbons (Fsp3) is 0.125. The quantitative estimate of drug-likeness (QED) is 0.678. The SMILES string of the molecule is Cc1cccc(OCc2nc3cc(C=O)ccc3o2)c1. The van der Waals surface area contributed by atoms with Crippen molar-refractivity contribution in [3.8, 4) is 5.75 Å². The van der Waals surface area contributed by atoms with E-state index in [2.05, 4.69) is 4.98 Å². The van der Waals surface area contributed by atoms with Gasteiger partial charge >= 0.3 is 0 Å². The Morgan fingerprint density at radius 3 is 2.95 bits per heavy atom. The van der Waals surface area contributed by atoms with Crippen molar-refractivity contribution in [1.29, 1.82) is 0 Å². The average molecular weight is 267 g/mol. The van der Waals surface area contributed by atoms with Crippen molar-refractivity contribution in [3.63, 3.8) is 0 Å². The number of hydrogen-bond donors (Lipinski definition) is 0. The molecule has 0 bridgehead atoms. The van der Waals surface area contributed by atoms with E-state index < -0.39 is 0 Å². The van der Waals surface area contributed by atoms with Crippen molar-refractivity contribution < 1.29 is 13.9 Å². The maximum absolute atomic E-state index is 10.7. The Labute approximate surface area is 116 Å². The highest BCUT2D eigenvalue weighted by Gasteiger charge is 2.07. The number of rotatable bonds is 4. The summed E-state index contributed by atoms with van der Waals surface area (Å²) < 4.78 is 11.2. The summed E-state index contributed by atoms with van der Waals surface area (Å²) in [5, 5.41) is 0. The third-order valence-corrected chi connectivity index (χ3v) is 2.94. The lowest BCUT2D eigenvalue weighted by Crippen LogP contribution is -1.95. The van der Waals surface area contributed by atoms with Crippen LogP contribution in [0.15, 0.2) is 46.9 Å². The second kappa shape index (κ2) is 5.17. The molecular weight excluding hydrogens is 254 g/mol. The first-order valence-corrected chi connectivity index (χ1v) is 6.29. The van der Waals surface area contributed by atoms with Crippen molar-refractivity contribution >= 4 is 17.4 Å². The summed E-state index contributed by atoms with van der Waals surface area (Å²) in [5.74, 6) is 1.27. The van der Waals surface area contributed by atoms with Crippen molar-refractivity contribution in [2.45, 2.75) is 13.5 Å². The fourth-order valence-corrected chi connectivity index (χ4v) is 1.98. The lowest BCUT2D eigenvalue weighted by molar-refractivity contribution is 0.112. The van der Waals surface area contributed by atoms with Crippen LogP contribution in [0.3, 0.4) is 0 Å². The van der Waals surface area contributed by atoms with Gasteiger partial charge in [0.2, 0.25) is 5.89 Å². The molecule has 4 nitrogen and oxygen atoms in total. The van der Waals surface area contributed by atoms with Gasteiger partial charge in [0.1, 0.15) is 17.6 Å². The van der Waals surface area contributed by atoms with Crippen molar-refractivity contribution in [2.75, 3.05) is 0 Å². The molecule has 0 aliphatic carbocycles. The smallest absolute Gasteiger partial charge is 0.233 e. The number of carbonyl (C=O) groups excluding carboxylic acids is 1. The Morgan fingerprint density at radius 1 is 1.25 bits per heavy atom. The first-order valence-electron chi connectivity index (χ1n) is 6.29. The molecule has 0 saturated carbocycles. The first-order chi connectivity index (χ1) is 9.74. The zero-order valence-electron chi connectivity index (χ0n) is 11.0. The second-order valence-electron chi connectivity index (χ2n) is 4.56. The number of hydrogen-bond acceptors (Lipinski definition) is 4. The number of nitrogens with zero attached hydrogens (tertiary/aromatic N) is 1. The third kappa shape index (κ3) is 2.54. The zero-order valence-corrected chi connectivity index (χ0v) is 11.0. The highest BCUT2D eigenvalue weighted by Crippen LogP contribution is 2.19. The van der Waals surface area contributed by atoms with Gasteiger partial charge in [0, 0.05) is 5.56 Å². The lowest BCUT2D eigenvalue weighted by Gasteiger charge is -2.03. The largest absolute Gasteiger partial charge is 0.484 e. The highest BCUT2D eigenvalue weighted by molar-refractivity contribution is 5.83. The first kappa shape index (κ1) is 12.4. The van der Waals surface area contributed by atoms with Crippen LogP contribution >= 0.6 is 0 Å². The van der Waals surface area contributed by atoms with Crippen molar-refractivity contribution in [3.05, 3.63) is 59.5 Å². The molecule has 0 saturated heterocycles. The number of aldehydes is 1. The van der Waals surface area contributed by atoms with Gasteiger partial charge in [-0.1, -0.05) is 12.1 Å². The molecule has 2 aromatic carbocycles. The molecule has 0 aliphatic rings. The molecule has 0 aliphatic heterocycles. The summed E-state index contributed by atoms with van der Waals surface area (Å²) in [6, 6.07) is 12.9. The Morgan fingerprint density at radius 2 is 2.15 bits per heavy atom. The van der Waals surface area contributed by atoms with Crippen LogP contribution in [-0.2, 0) is 6.61 Å². The van der Waals surface area contributed by atoms with E-state index in [1.54, 1.807) is 18.2 Å². The minimum absolute atomic E-state index is 0.258. The van der Waals surface area contributed by atoms with E-state index in [1.165, 1.54) is 0 Å². The monoisotopic (exact) mass is 267 g/mol. The van der Waals surface area contributed by atoms with Gasteiger partial charge in [-0.05, 0) is 42.8 Å². The maximum Gasteiger partial charge on any atom is 0.233 e. The average Bonchev–Trinajstić information content (AvgIpc) is 2.87. The highest BCUT2D eigenvalue weighted by atomic mass is 16.5. The molecule has 100 valence electrons. The number of fused-ring (bicyclic) bond motifs is 1. The normalized spacial score (nSPS) is 10.7. The summed E-state index contributed by atoms with van der Waals surface area (Å²) in [6.45, 7) is 2.27. The summed E-state index contributed by atoms with van der Waals surface area (Å²) in [6.07, 6.45) is 0.789. The molecule has 0 N–H and O–H groups in total. The van der Waals surface area contributed by atoms with E-state index in [9.17, 15) is 4.79 Å². The van der Waals surface area contributed by atoms with E-state index in [1.807, 2.05) is 31.2 Å². The van der Waals surface area contributed by atoms with Gasteiger partial charge in [-0.15, -0.1) is 0 Å². The minimum Gasteiger partial charge on any atom is -0.484 e. The zero-order chi connectivity index (χ0) is 13.9. The Bertz CT molecular complexity index is 761.